The first-order chi connectivity index (χ1) is 17.5. The molecule has 36 heavy (non-hydrogen) atoms. The number of ether oxygens (including phenoxy) is 3. The molecule has 182 valence electrons. The molecule has 0 saturated heterocycles. The SMILES string of the molecule is COc1cc(CC(C)=O)ccc1Oc1ncncc1NC(=O)c1csc(-c2ccc3c(c2)CCO3)n1. The monoisotopic (exact) mass is 502 g/mol. The van der Waals surface area contributed by atoms with Gasteiger partial charge in [-0.3, -0.25) is 9.59 Å². The Hall–Kier alpha value is -4.31. The number of fused-ring (bicyclic) bond motifs is 1. The Morgan fingerprint density at radius 2 is 2.06 bits per heavy atom. The molecule has 1 amide bonds. The van der Waals surface area contributed by atoms with Crippen molar-refractivity contribution in [1.82, 2.24) is 15.0 Å². The summed E-state index contributed by atoms with van der Waals surface area (Å²) in [5, 5.41) is 5.22. The van der Waals surface area contributed by atoms with E-state index in [-0.39, 0.29) is 23.0 Å². The summed E-state index contributed by atoms with van der Waals surface area (Å²) in [6.07, 6.45) is 3.92. The van der Waals surface area contributed by atoms with Gasteiger partial charge in [-0.15, -0.1) is 11.3 Å². The van der Waals surface area contributed by atoms with Gasteiger partial charge < -0.3 is 19.5 Å². The van der Waals surface area contributed by atoms with Gasteiger partial charge in [0.25, 0.3) is 5.91 Å². The van der Waals surface area contributed by atoms with Crippen LogP contribution in [0.4, 0.5) is 5.69 Å². The zero-order chi connectivity index (χ0) is 25.1. The van der Waals surface area contributed by atoms with Gasteiger partial charge in [0.05, 0.1) is 19.9 Å². The van der Waals surface area contributed by atoms with Crippen LogP contribution in [0.1, 0.15) is 28.5 Å². The maximum absolute atomic E-state index is 13.0. The molecule has 0 atom stereocenters. The fourth-order valence-electron chi connectivity index (χ4n) is 3.80. The lowest BCUT2D eigenvalue weighted by molar-refractivity contribution is -0.116. The molecule has 9 nitrogen and oxygen atoms in total. The maximum atomic E-state index is 13.0. The minimum atomic E-state index is -0.412. The maximum Gasteiger partial charge on any atom is 0.275 e. The van der Waals surface area contributed by atoms with Crippen molar-refractivity contribution in [3.63, 3.8) is 0 Å². The van der Waals surface area contributed by atoms with Gasteiger partial charge in [-0.25, -0.2) is 9.97 Å². The van der Waals surface area contributed by atoms with Crippen LogP contribution < -0.4 is 19.5 Å². The molecule has 2 aromatic carbocycles. The molecule has 0 radical (unpaired) electrons. The van der Waals surface area contributed by atoms with E-state index < -0.39 is 5.91 Å². The predicted molar refractivity (Wildman–Crippen MR) is 134 cm³/mol. The third-order valence-electron chi connectivity index (χ3n) is 5.48. The van der Waals surface area contributed by atoms with Crippen LogP contribution in [0.25, 0.3) is 10.6 Å². The molecule has 0 saturated carbocycles. The van der Waals surface area contributed by atoms with Gasteiger partial charge in [-0.05, 0) is 48.4 Å². The minimum absolute atomic E-state index is 0.0434. The Balaban J connectivity index is 1.33. The third-order valence-corrected chi connectivity index (χ3v) is 6.38. The zero-order valence-corrected chi connectivity index (χ0v) is 20.4. The van der Waals surface area contributed by atoms with Crippen molar-refractivity contribution >= 4 is 28.7 Å². The van der Waals surface area contributed by atoms with Crippen molar-refractivity contribution in [3.05, 3.63) is 71.1 Å². The summed E-state index contributed by atoms with van der Waals surface area (Å²) in [7, 11) is 1.51. The molecular formula is C26H22N4O5S. The first-order valence-corrected chi connectivity index (χ1v) is 12.1. The lowest BCUT2D eigenvalue weighted by Crippen LogP contribution is -2.13. The number of carbonyl (C=O) groups is 2. The average Bonchev–Trinajstić information content (AvgIpc) is 3.55. The van der Waals surface area contributed by atoms with Gasteiger partial charge in [0, 0.05) is 23.8 Å². The standard InChI is InChI=1S/C26H22N4O5S/c1-15(31)9-16-3-5-22(23(10-16)33-2)35-25-19(12-27-14-28-25)29-24(32)20-13-36-26(30-20)18-4-6-21-17(11-18)7-8-34-21/h3-6,10-14H,7-9H2,1-2H3,(H,29,32). The highest BCUT2D eigenvalue weighted by atomic mass is 32.1. The van der Waals surface area contributed by atoms with Crippen LogP contribution in [-0.2, 0) is 17.6 Å². The number of benzene rings is 2. The number of thiazole rings is 1. The van der Waals surface area contributed by atoms with E-state index in [1.807, 2.05) is 12.1 Å². The first-order valence-electron chi connectivity index (χ1n) is 11.2. The number of carbonyl (C=O) groups excluding carboxylic acids is 2. The fraction of sp³-hybridized carbons (Fsp3) is 0.192. The molecule has 1 aliphatic heterocycles. The number of anilines is 1. The van der Waals surface area contributed by atoms with E-state index in [1.54, 1.807) is 23.6 Å². The number of nitrogens with zero attached hydrogens (tertiary/aromatic N) is 3. The van der Waals surface area contributed by atoms with Gasteiger partial charge in [-0.1, -0.05) is 6.07 Å². The predicted octanol–water partition coefficient (Wildman–Crippen LogP) is 4.72. The van der Waals surface area contributed by atoms with E-state index in [4.69, 9.17) is 14.2 Å². The first kappa shape index (κ1) is 23.4. The van der Waals surface area contributed by atoms with Crippen molar-refractivity contribution in [2.24, 2.45) is 0 Å². The van der Waals surface area contributed by atoms with Crippen LogP contribution >= 0.6 is 11.3 Å². The van der Waals surface area contributed by atoms with E-state index in [0.717, 1.165) is 33.9 Å². The van der Waals surface area contributed by atoms with Crippen LogP contribution in [0, 0.1) is 0 Å². The van der Waals surface area contributed by atoms with Gasteiger partial charge in [-0.2, -0.15) is 4.98 Å². The Bertz CT molecular complexity index is 1450. The normalized spacial score (nSPS) is 11.9. The lowest BCUT2D eigenvalue weighted by Gasteiger charge is -2.13. The van der Waals surface area contributed by atoms with E-state index >= 15 is 0 Å². The van der Waals surface area contributed by atoms with Crippen LogP contribution in [0.2, 0.25) is 0 Å². The van der Waals surface area contributed by atoms with Gasteiger partial charge in [0.15, 0.2) is 11.5 Å². The van der Waals surface area contributed by atoms with Gasteiger partial charge in [0.1, 0.15) is 34.2 Å². The molecule has 5 rings (SSSR count). The number of nitrogens with one attached hydrogen (secondary N) is 1. The number of rotatable bonds is 8. The number of amides is 1. The Morgan fingerprint density at radius 1 is 1.17 bits per heavy atom. The quantitative estimate of drug-likeness (QED) is 0.368. The molecule has 0 unspecified atom stereocenters. The lowest BCUT2D eigenvalue weighted by atomic mass is 10.1. The van der Waals surface area contributed by atoms with Gasteiger partial charge in [0.2, 0.25) is 5.88 Å². The van der Waals surface area contributed by atoms with Crippen LogP contribution in [0.3, 0.4) is 0 Å². The molecule has 1 aliphatic rings. The van der Waals surface area contributed by atoms with E-state index in [2.05, 4.69) is 26.3 Å². The highest BCUT2D eigenvalue weighted by Crippen LogP contribution is 2.35. The number of hydrogen-bond donors (Lipinski definition) is 1. The molecule has 0 bridgehead atoms. The molecule has 1 N–H and O–H groups in total. The zero-order valence-electron chi connectivity index (χ0n) is 19.6. The second kappa shape index (κ2) is 10.1. The van der Waals surface area contributed by atoms with Crippen molar-refractivity contribution in [1.29, 1.82) is 0 Å². The number of ketones is 1. The Morgan fingerprint density at radius 3 is 2.89 bits per heavy atom. The molecule has 2 aromatic heterocycles. The molecular weight excluding hydrogens is 480 g/mol. The highest BCUT2D eigenvalue weighted by molar-refractivity contribution is 7.13. The Labute approximate surface area is 211 Å². The molecule has 0 fully saturated rings. The molecule has 0 aliphatic carbocycles. The van der Waals surface area contributed by atoms with Crippen LogP contribution in [0.15, 0.2) is 54.3 Å². The highest BCUT2D eigenvalue weighted by Gasteiger charge is 2.19. The smallest absolute Gasteiger partial charge is 0.275 e. The summed E-state index contributed by atoms with van der Waals surface area (Å²) in [6, 6.07) is 11.1. The second-order valence-corrected chi connectivity index (χ2v) is 8.98. The number of hydrogen-bond acceptors (Lipinski definition) is 9. The summed E-state index contributed by atoms with van der Waals surface area (Å²) >= 11 is 1.39. The summed E-state index contributed by atoms with van der Waals surface area (Å²) in [4.78, 5) is 37.1. The number of methoxy groups -OCH3 is 1. The van der Waals surface area contributed by atoms with E-state index in [0.29, 0.717) is 24.5 Å². The summed E-state index contributed by atoms with van der Waals surface area (Å²) < 4.78 is 16.9. The number of aromatic nitrogens is 3. The van der Waals surface area contributed by atoms with Crippen LogP contribution in [-0.4, -0.2) is 40.4 Å². The van der Waals surface area contributed by atoms with Crippen LogP contribution in [0.5, 0.6) is 23.1 Å². The summed E-state index contributed by atoms with van der Waals surface area (Å²) in [5.74, 6) is 1.50. The topological polar surface area (TPSA) is 113 Å². The van der Waals surface area contributed by atoms with Crippen molar-refractivity contribution in [3.8, 4) is 33.7 Å². The third kappa shape index (κ3) is 5.03. The van der Waals surface area contributed by atoms with Crippen molar-refractivity contribution in [2.45, 2.75) is 19.8 Å². The summed E-state index contributed by atoms with van der Waals surface area (Å²) in [6.45, 7) is 2.21. The second-order valence-electron chi connectivity index (χ2n) is 8.12. The molecule has 10 heteroatoms. The van der Waals surface area contributed by atoms with E-state index in [9.17, 15) is 9.59 Å². The van der Waals surface area contributed by atoms with Gasteiger partial charge >= 0.3 is 0 Å². The average molecular weight is 503 g/mol. The Kier molecular flexibility index (Phi) is 6.59. The fourth-order valence-corrected chi connectivity index (χ4v) is 4.60. The number of Topliss-reactive ketones (excluding diaryl/α,β-unsaturated/α-hetero) is 1. The largest absolute Gasteiger partial charge is 0.493 e. The molecule has 4 aromatic rings. The molecule has 3 heterocycles. The van der Waals surface area contributed by atoms with E-state index in [1.165, 1.54) is 37.9 Å². The summed E-state index contributed by atoms with van der Waals surface area (Å²) in [5.41, 5.74) is 3.44. The van der Waals surface area contributed by atoms with Crippen molar-refractivity contribution in [2.75, 3.05) is 19.0 Å². The van der Waals surface area contributed by atoms with Crippen molar-refractivity contribution < 1.29 is 23.8 Å². The minimum Gasteiger partial charge on any atom is -0.493 e. The molecule has 0 spiro atoms.